The van der Waals surface area contributed by atoms with Gasteiger partial charge in [0.2, 0.25) is 5.91 Å². The molecule has 0 aliphatic rings. The van der Waals surface area contributed by atoms with Gasteiger partial charge in [0, 0.05) is 17.8 Å². The Bertz CT molecular complexity index is 397. The van der Waals surface area contributed by atoms with Crippen LogP contribution in [0.25, 0.3) is 0 Å². The summed E-state index contributed by atoms with van der Waals surface area (Å²) in [5.41, 5.74) is 8.53. The second-order valence-electron chi connectivity index (χ2n) is 4.20. The number of aromatic nitrogens is 2. The van der Waals surface area contributed by atoms with Gasteiger partial charge < -0.3 is 11.1 Å². The first-order valence-corrected chi connectivity index (χ1v) is 6.07. The normalized spacial score (nSPS) is 12.7. The number of primary amides is 1. The Morgan fingerprint density at radius 1 is 1.47 bits per heavy atom. The topological polar surface area (TPSA) is 72.9 Å². The number of rotatable bonds is 6. The van der Waals surface area contributed by atoms with Crippen LogP contribution in [0.2, 0.25) is 0 Å². The van der Waals surface area contributed by atoms with Crippen LogP contribution in [-0.4, -0.2) is 22.2 Å². The Balaban J connectivity index is 3.06. The third-order valence-corrected chi connectivity index (χ3v) is 3.04. The third kappa shape index (κ3) is 2.85. The Labute approximate surface area is 102 Å². The largest absolute Gasteiger partial charge is 0.368 e. The molecule has 1 aromatic heterocycles. The van der Waals surface area contributed by atoms with Gasteiger partial charge in [-0.05, 0) is 26.8 Å². The van der Waals surface area contributed by atoms with Gasteiger partial charge in [-0.25, -0.2) is 0 Å². The van der Waals surface area contributed by atoms with E-state index in [1.807, 2.05) is 20.8 Å². The van der Waals surface area contributed by atoms with Crippen molar-refractivity contribution in [2.45, 2.75) is 46.7 Å². The molecule has 96 valence electrons. The molecule has 0 aromatic carbocycles. The number of nitrogens with two attached hydrogens (primary N) is 1. The minimum absolute atomic E-state index is 0.326. The van der Waals surface area contributed by atoms with Crippen LogP contribution in [0.3, 0.4) is 0 Å². The summed E-state index contributed by atoms with van der Waals surface area (Å²) in [7, 11) is 0. The molecule has 0 saturated heterocycles. The first kappa shape index (κ1) is 13.7. The van der Waals surface area contributed by atoms with Gasteiger partial charge in [-0.15, -0.1) is 0 Å². The van der Waals surface area contributed by atoms with E-state index >= 15 is 0 Å². The van der Waals surface area contributed by atoms with Gasteiger partial charge in [0.15, 0.2) is 0 Å². The summed E-state index contributed by atoms with van der Waals surface area (Å²) < 4.78 is 1.75. The molecule has 0 saturated carbocycles. The lowest BCUT2D eigenvalue weighted by molar-refractivity contribution is -0.121. The maximum absolute atomic E-state index is 11.4. The molecule has 1 atom stereocenters. The minimum atomic E-state index is -0.343. The molecule has 3 N–H and O–H groups in total. The lowest BCUT2D eigenvalue weighted by Gasteiger charge is -2.13. The van der Waals surface area contributed by atoms with Crippen molar-refractivity contribution in [1.82, 2.24) is 15.1 Å². The number of hydrogen-bond donors (Lipinski definition) is 2. The average molecular weight is 238 g/mol. The molecule has 0 fully saturated rings. The smallest absolute Gasteiger partial charge is 0.242 e. The van der Waals surface area contributed by atoms with E-state index < -0.39 is 0 Å². The third-order valence-electron chi connectivity index (χ3n) is 3.04. The molecule has 5 nitrogen and oxygen atoms in total. The predicted molar refractivity (Wildman–Crippen MR) is 67.6 cm³/mol. The second kappa shape index (κ2) is 5.82. The summed E-state index contributed by atoms with van der Waals surface area (Å²) in [6.07, 6.45) is 0.665. The van der Waals surface area contributed by atoms with E-state index in [1.165, 1.54) is 0 Å². The predicted octanol–water partition coefficient (Wildman–Crippen LogP) is 1.05. The van der Waals surface area contributed by atoms with E-state index in [1.54, 1.807) is 4.68 Å². The Morgan fingerprint density at radius 3 is 2.59 bits per heavy atom. The quantitative estimate of drug-likeness (QED) is 0.778. The molecule has 1 unspecified atom stereocenters. The van der Waals surface area contributed by atoms with Crippen molar-refractivity contribution in [3.63, 3.8) is 0 Å². The SMILES string of the molecule is CCNCc1c(C)nn(C(CC)C(N)=O)c1C. The number of hydrogen-bond acceptors (Lipinski definition) is 3. The van der Waals surface area contributed by atoms with Gasteiger partial charge in [0.1, 0.15) is 6.04 Å². The second-order valence-corrected chi connectivity index (χ2v) is 4.20. The first-order chi connectivity index (χ1) is 8.02. The van der Waals surface area contributed by atoms with Gasteiger partial charge in [0.25, 0.3) is 0 Å². The molecule has 0 bridgehead atoms. The molecule has 0 aliphatic carbocycles. The standard InChI is InChI=1S/C12H22N4O/c1-5-11(12(13)17)16-9(4)10(7-14-6-2)8(3)15-16/h11,14H,5-7H2,1-4H3,(H2,13,17). The van der Waals surface area contributed by atoms with Gasteiger partial charge in [-0.1, -0.05) is 13.8 Å². The van der Waals surface area contributed by atoms with E-state index in [2.05, 4.69) is 17.3 Å². The summed E-state index contributed by atoms with van der Waals surface area (Å²) in [5, 5.41) is 7.71. The van der Waals surface area contributed by atoms with E-state index in [9.17, 15) is 4.79 Å². The monoisotopic (exact) mass is 238 g/mol. The summed E-state index contributed by atoms with van der Waals surface area (Å²) >= 11 is 0. The molecule has 1 rings (SSSR count). The van der Waals surface area contributed by atoms with Crippen LogP contribution in [0, 0.1) is 13.8 Å². The zero-order chi connectivity index (χ0) is 13.0. The fraction of sp³-hybridized carbons (Fsp3) is 0.667. The van der Waals surface area contributed by atoms with E-state index in [0.717, 1.165) is 30.0 Å². The highest BCUT2D eigenvalue weighted by Crippen LogP contribution is 2.19. The van der Waals surface area contributed by atoms with Crippen molar-refractivity contribution in [2.75, 3.05) is 6.54 Å². The van der Waals surface area contributed by atoms with E-state index in [0.29, 0.717) is 6.42 Å². The number of nitrogens with one attached hydrogen (secondary N) is 1. The molecule has 1 aromatic rings. The molecule has 0 spiro atoms. The van der Waals surface area contributed by atoms with Gasteiger partial charge >= 0.3 is 0 Å². The first-order valence-electron chi connectivity index (χ1n) is 6.07. The van der Waals surface area contributed by atoms with Gasteiger partial charge in [0.05, 0.1) is 5.69 Å². The molecular weight excluding hydrogens is 216 g/mol. The van der Waals surface area contributed by atoms with Crippen molar-refractivity contribution < 1.29 is 4.79 Å². The van der Waals surface area contributed by atoms with Gasteiger partial charge in [-0.3, -0.25) is 9.48 Å². The molecule has 0 radical (unpaired) electrons. The highest BCUT2D eigenvalue weighted by atomic mass is 16.1. The molecular formula is C12H22N4O. The highest BCUT2D eigenvalue weighted by Gasteiger charge is 2.21. The Morgan fingerprint density at radius 2 is 2.12 bits per heavy atom. The number of aryl methyl sites for hydroxylation is 1. The number of carbonyl (C=O) groups is 1. The van der Waals surface area contributed by atoms with Gasteiger partial charge in [-0.2, -0.15) is 5.10 Å². The molecule has 1 heterocycles. The van der Waals surface area contributed by atoms with Crippen molar-refractivity contribution in [3.8, 4) is 0 Å². The summed E-state index contributed by atoms with van der Waals surface area (Å²) in [5.74, 6) is -0.326. The number of carbonyl (C=O) groups excluding carboxylic acids is 1. The number of amides is 1. The van der Waals surface area contributed by atoms with Crippen molar-refractivity contribution in [3.05, 3.63) is 17.0 Å². The van der Waals surface area contributed by atoms with Crippen LogP contribution in [-0.2, 0) is 11.3 Å². The fourth-order valence-corrected chi connectivity index (χ4v) is 2.00. The maximum atomic E-state index is 11.4. The minimum Gasteiger partial charge on any atom is -0.368 e. The van der Waals surface area contributed by atoms with Crippen LogP contribution in [0.1, 0.15) is 43.3 Å². The zero-order valence-corrected chi connectivity index (χ0v) is 11.1. The Hall–Kier alpha value is -1.36. The lowest BCUT2D eigenvalue weighted by Crippen LogP contribution is -2.27. The van der Waals surface area contributed by atoms with Crippen LogP contribution >= 0.6 is 0 Å². The Kier molecular flexibility index (Phi) is 4.69. The molecule has 5 heteroatoms. The van der Waals surface area contributed by atoms with Crippen molar-refractivity contribution in [1.29, 1.82) is 0 Å². The van der Waals surface area contributed by atoms with E-state index in [-0.39, 0.29) is 11.9 Å². The maximum Gasteiger partial charge on any atom is 0.242 e. The van der Waals surface area contributed by atoms with Crippen molar-refractivity contribution >= 4 is 5.91 Å². The van der Waals surface area contributed by atoms with Crippen LogP contribution in [0.5, 0.6) is 0 Å². The fourth-order valence-electron chi connectivity index (χ4n) is 2.00. The lowest BCUT2D eigenvalue weighted by atomic mass is 10.1. The summed E-state index contributed by atoms with van der Waals surface area (Å²) in [4.78, 5) is 11.4. The molecule has 1 amide bonds. The van der Waals surface area contributed by atoms with Crippen LogP contribution < -0.4 is 11.1 Å². The molecule has 17 heavy (non-hydrogen) atoms. The summed E-state index contributed by atoms with van der Waals surface area (Å²) in [6, 6.07) is -0.343. The highest BCUT2D eigenvalue weighted by molar-refractivity contribution is 5.78. The van der Waals surface area contributed by atoms with Crippen LogP contribution in [0.15, 0.2) is 0 Å². The average Bonchev–Trinajstić information content (AvgIpc) is 2.53. The van der Waals surface area contributed by atoms with E-state index in [4.69, 9.17) is 5.73 Å². The molecule has 0 aliphatic heterocycles. The number of nitrogens with zero attached hydrogens (tertiary/aromatic N) is 2. The summed E-state index contributed by atoms with van der Waals surface area (Å²) in [6.45, 7) is 9.64. The van der Waals surface area contributed by atoms with Crippen molar-refractivity contribution in [2.24, 2.45) is 5.73 Å². The zero-order valence-electron chi connectivity index (χ0n) is 11.1. The van der Waals surface area contributed by atoms with Crippen LogP contribution in [0.4, 0.5) is 0 Å².